The van der Waals surface area contributed by atoms with E-state index in [-0.39, 0.29) is 5.89 Å². The van der Waals surface area contributed by atoms with Crippen molar-refractivity contribution in [1.82, 2.24) is 4.98 Å². The van der Waals surface area contributed by atoms with Crippen LogP contribution in [0.25, 0.3) is 22.6 Å². The number of anilines is 1. The van der Waals surface area contributed by atoms with Crippen LogP contribution in [0.2, 0.25) is 0 Å². The van der Waals surface area contributed by atoms with Gasteiger partial charge in [0.15, 0.2) is 5.58 Å². The van der Waals surface area contributed by atoms with Crippen LogP contribution in [-0.4, -0.2) is 4.98 Å². The third kappa shape index (κ3) is 2.26. The summed E-state index contributed by atoms with van der Waals surface area (Å²) in [4.78, 5) is 4.26. The number of nitrogen functional groups attached to an aromatic ring is 1. The number of aromatic nitrogens is 1. The normalized spacial score (nSPS) is 11.1. The lowest BCUT2D eigenvalue weighted by atomic mass is 10.2. The molecular weight excluding hydrogens is 379 g/mol. The average molecular weight is 386 g/mol. The van der Waals surface area contributed by atoms with Gasteiger partial charge in [-0.2, -0.15) is 0 Å². The van der Waals surface area contributed by atoms with E-state index in [1.165, 1.54) is 6.07 Å². The number of rotatable bonds is 1. The molecule has 1 heterocycles. The van der Waals surface area contributed by atoms with Crippen LogP contribution < -0.4 is 5.73 Å². The number of nitrogens with two attached hydrogens (primary N) is 1. The minimum atomic E-state index is -0.404. The molecule has 0 unspecified atom stereocenters. The highest BCUT2D eigenvalue weighted by Gasteiger charge is 2.14. The molecule has 0 radical (unpaired) electrons. The van der Waals surface area contributed by atoms with Crippen molar-refractivity contribution in [3.63, 3.8) is 0 Å². The van der Waals surface area contributed by atoms with E-state index in [4.69, 9.17) is 10.2 Å². The Balaban J connectivity index is 2.23. The average Bonchev–Trinajstić information content (AvgIpc) is 2.72. The zero-order valence-corrected chi connectivity index (χ0v) is 12.6. The van der Waals surface area contributed by atoms with Gasteiger partial charge in [-0.15, -0.1) is 0 Å². The van der Waals surface area contributed by atoms with Crippen molar-refractivity contribution in [2.45, 2.75) is 0 Å². The zero-order valence-electron chi connectivity index (χ0n) is 9.45. The first-order chi connectivity index (χ1) is 9.04. The molecule has 0 aliphatic carbocycles. The summed E-state index contributed by atoms with van der Waals surface area (Å²) in [5, 5.41) is 0. The van der Waals surface area contributed by atoms with E-state index in [9.17, 15) is 4.39 Å². The van der Waals surface area contributed by atoms with E-state index < -0.39 is 5.82 Å². The maximum atomic E-state index is 13.9. The molecule has 3 aromatic rings. The summed E-state index contributed by atoms with van der Waals surface area (Å²) < 4.78 is 20.9. The van der Waals surface area contributed by atoms with Crippen LogP contribution >= 0.6 is 31.9 Å². The van der Waals surface area contributed by atoms with Gasteiger partial charge in [-0.1, -0.05) is 31.9 Å². The molecule has 3 nitrogen and oxygen atoms in total. The van der Waals surface area contributed by atoms with Gasteiger partial charge in [-0.05, 0) is 30.3 Å². The van der Waals surface area contributed by atoms with Gasteiger partial charge in [0.05, 0.1) is 11.3 Å². The number of hydrogen-bond acceptors (Lipinski definition) is 3. The summed E-state index contributed by atoms with van der Waals surface area (Å²) >= 11 is 6.54. The van der Waals surface area contributed by atoms with Crippen molar-refractivity contribution in [1.29, 1.82) is 0 Å². The lowest BCUT2D eigenvalue weighted by Crippen LogP contribution is -1.84. The van der Waals surface area contributed by atoms with Crippen LogP contribution in [0.4, 0.5) is 10.1 Å². The molecule has 0 aliphatic rings. The molecule has 0 saturated heterocycles. The van der Waals surface area contributed by atoms with Crippen LogP contribution in [0, 0.1) is 5.82 Å². The summed E-state index contributed by atoms with van der Waals surface area (Å²) in [6.07, 6.45) is 0. The van der Waals surface area contributed by atoms with E-state index in [1.54, 1.807) is 24.3 Å². The summed E-state index contributed by atoms with van der Waals surface area (Å²) in [6.45, 7) is 0. The summed E-state index contributed by atoms with van der Waals surface area (Å²) in [5.74, 6) is -0.191. The van der Waals surface area contributed by atoms with Crippen LogP contribution in [0.3, 0.4) is 0 Å². The SMILES string of the molecule is Nc1cc(Br)cc2nc(-c3ccc(Br)cc3F)oc12. The predicted octanol–water partition coefficient (Wildman–Crippen LogP) is 4.74. The van der Waals surface area contributed by atoms with Crippen LogP contribution in [0.5, 0.6) is 0 Å². The third-order valence-electron chi connectivity index (χ3n) is 2.65. The van der Waals surface area contributed by atoms with Gasteiger partial charge in [-0.3, -0.25) is 0 Å². The van der Waals surface area contributed by atoms with Crippen LogP contribution in [0.1, 0.15) is 0 Å². The van der Waals surface area contributed by atoms with Gasteiger partial charge in [0.1, 0.15) is 11.3 Å². The summed E-state index contributed by atoms with van der Waals surface area (Å²) in [5.41, 5.74) is 7.65. The Labute approximate surface area is 124 Å². The Morgan fingerprint density at radius 1 is 1.11 bits per heavy atom. The second-order valence-electron chi connectivity index (χ2n) is 3.99. The number of nitrogens with zero attached hydrogens (tertiary/aromatic N) is 1. The number of fused-ring (bicyclic) bond motifs is 1. The van der Waals surface area contributed by atoms with Gasteiger partial charge >= 0.3 is 0 Å². The maximum Gasteiger partial charge on any atom is 0.230 e. The molecule has 0 fully saturated rings. The number of halogens is 3. The quantitative estimate of drug-likeness (QED) is 0.615. The lowest BCUT2D eigenvalue weighted by molar-refractivity contribution is 0.594. The van der Waals surface area contributed by atoms with Crippen LogP contribution in [-0.2, 0) is 0 Å². The van der Waals surface area contributed by atoms with E-state index in [0.29, 0.717) is 26.8 Å². The number of hydrogen-bond donors (Lipinski definition) is 1. The first kappa shape index (κ1) is 12.6. The molecule has 2 N–H and O–H groups in total. The van der Waals surface area contributed by atoms with Gasteiger partial charge in [0.2, 0.25) is 5.89 Å². The van der Waals surface area contributed by atoms with E-state index in [1.807, 2.05) is 0 Å². The fourth-order valence-electron chi connectivity index (χ4n) is 1.80. The van der Waals surface area contributed by atoms with Gasteiger partial charge in [-0.25, -0.2) is 9.37 Å². The zero-order chi connectivity index (χ0) is 13.6. The highest BCUT2D eigenvalue weighted by Crippen LogP contribution is 2.32. The monoisotopic (exact) mass is 384 g/mol. The molecular formula is C13H7Br2FN2O. The largest absolute Gasteiger partial charge is 0.434 e. The third-order valence-corrected chi connectivity index (χ3v) is 3.60. The molecule has 3 rings (SSSR count). The molecule has 19 heavy (non-hydrogen) atoms. The second-order valence-corrected chi connectivity index (χ2v) is 5.82. The molecule has 0 aliphatic heterocycles. The molecule has 6 heteroatoms. The Hall–Kier alpha value is -1.40. The maximum absolute atomic E-state index is 13.9. The Morgan fingerprint density at radius 3 is 2.63 bits per heavy atom. The second kappa shape index (κ2) is 4.61. The number of oxazole rings is 1. The van der Waals surface area contributed by atoms with E-state index in [0.717, 1.165) is 4.47 Å². The van der Waals surface area contributed by atoms with Gasteiger partial charge in [0, 0.05) is 8.95 Å². The molecule has 96 valence electrons. The molecule has 0 spiro atoms. The summed E-state index contributed by atoms with van der Waals surface area (Å²) in [7, 11) is 0. The molecule has 0 atom stereocenters. The van der Waals surface area contributed by atoms with Crippen molar-refractivity contribution in [2.75, 3.05) is 5.73 Å². The Morgan fingerprint density at radius 2 is 1.89 bits per heavy atom. The van der Waals surface area contributed by atoms with Crippen molar-refractivity contribution in [3.8, 4) is 11.5 Å². The topological polar surface area (TPSA) is 52.0 Å². The standard InChI is InChI=1S/C13H7Br2FN2O/c14-6-1-2-8(9(16)3-6)13-18-11-5-7(15)4-10(17)12(11)19-13/h1-5H,17H2. The highest BCUT2D eigenvalue weighted by molar-refractivity contribution is 9.10. The molecule has 2 aromatic carbocycles. The molecule has 0 bridgehead atoms. The van der Waals surface area contributed by atoms with E-state index >= 15 is 0 Å². The molecule has 1 aromatic heterocycles. The Bertz CT molecular complexity index is 786. The van der Waals surface area contributed by atoms with Gasteiger partial charge < -0.3 is 10.2 Å². The van der Waals surface area contributed by atoms with Crippen molar-refractivity contribution >= 4 is 48.6 Å². The first-order valence-electron chi connectivity index (χ1n) is 5.35. The highest BCUT2D eigenvalue weighted by atomic mass is 79.9. The molecule has 0 saturated carbocycles. The smallest absolute Gasteiger partial charge is 0.230 e. The Kier molecular flexibility index (Phi) is 3.06. The lowest BCUT2D eigenvalue weighted by Gasteiger charge is -1.98. The van der Waals surface area contributed by atoms with Crippen molar-refractivity contribution in [3.05, 3.63) is 45.1 Å². The molecule has 0 amide bonds. The van der Waals surface area contributed by atoms with Crippen molar-refractivity contribution in [2.24, 2.45) is 0 Å². The van der Waals surface area contributed by atoms with Gasteiger partial charge in [0.25, 0.3) is 0 Å². The summed E-state index contributed by atoms with van der Waals surface area (Å²) in [6, 6.07) is 8.19. The predicted molar refractivity (Wildman–Crippen MR) is 79.2 cm³/mol. The van der Waals surface area contributed by atoms with E-state index in [2.05, 4.69) is 36.8 Å². The fourth-order valence-corrected chi connectivity index (χ4v) is 2.60. The fraction of sp³-hybridized carbons (Fsp3) is 0. The number of benzene rings is 2. The minimum Gasteiger partial charge on any atom is -0.434 e. The first-order valence-corrected chi connectivity index (χ1v) is 6.94. The van der Waals surface area contributed by atoms with Crippen LogP contribution in [0.15, 0.2) is 43.7 Å². The minimum absolute atomic E-state index is 0.213. The van der Waals surface area contributed by atoms with Crippen molar-refractivity contribution < 1.29 is 8.81 Å².